The van der Waals surface area contributed by atoms with Gasteiger partial charge in [0.25, 0.3) is 5.69 Å². The Bertz CT molecular complexity index is 1040. The molecule has 0 radical (unpaired) electrons. The summed E-state index contributed by atoms with van der Waals surface area (Å²) in [7, 11) is 0. The lowest BCUT2D eigenvalue weighted by Crippen LogP contribution is -2.41. The van der Waals surface area contributed by atoms with E-state index in [1.165, 1.54) is 37.1 Å². The van der Waals surface area contributed by atoms with E-state index in [1.54, 1.807) is 20.8 Å². The van der Waals surface area contributed by atoms with Crippen molar-refractivity contribution in [3.63, 3.8) is 0 Å². The van der Waals surface area contributed by atoms with Crippen LogP contribution in [0.2, 0.25) is 0 Å². The van der Waals surface area contributed by atoms with E-state index < -0.39 is 70.0 Å². The van der Waals surface area contributed by atoms with E-state index in [4.69, 9.17) is 27.0 Å². The van der Waals surface area contributed by atoms with Crippen molar-refractivity contribution in [1.82, 2.24) is 10.4 Å². The number of nitro benzene ring substituents is 1. The molecule has 18 heteroatoms. The normalized spacial score (nSPS) is 15.6. The number of ether oxygens (including phenoxy) is 1. The van der Waals surface area contributed by atoms with E-state index in [0.29, 0.717) is 5.56 Å². The predicted octanol–water partition coefficient (Wildman–Crippen LogP) is 2.32. The first kappa shape index (κ1) is 35.4. The van der Waals surface area contributed by atoms with Crippen molar-refractivity contribution in [2.24, 2.45) is 0 Å². The molecule has 0 saturated heterocycles. The van der Waals surface area contributed by atoms with E-state index >= 15 is 0 Å². The van der Waals surface area contributed by atoms with Gasteiger partial charge in [0.1, 0.15) is 5.60 Å². The summed E-state index contributed by atoms with van der Waals surface area (Å²) in [6, 6.07) is 3.02. The molecule has 0 aromatic heterocycles. The SMILES string of the molecule is CC(CN(CC(C)OS(=O)O)OCc1ccc([N+](=O)[O-])c(C[C@@H](CC(=O)O)NC(=O)OC(C)(C)C)c1)OS(=O)O. The number of amides is 1. The third-order valence-electron chi connectivity index (χ3n) is 4.78. The smallest absolute Gasteiger partial charge is 0.407 e. The Labute approximate surface area is 236 Å². The average Bonchev–Trinajstić information content (AvgIpc) is 2.74. The molecule has 1 aromatic rings. The number of aliphatic carboxylic acids is 1. The fourth-order valence-corrected chi connectivity index (χ4v) is 4.14. The first-order valence-corrected chi connectivity index (χ1v) is 13.9. The molecule has 1 aromatic carbocycles. The van der Waals surface area contributed by atoms with Gasteiger partial charge in [-0.1, -0.05) is 0 Å². The number of carbonyl (C=O) groups is 2. The van der Waals surface area contributed by atoms with Crippen LogP contribution in [-0.2, 0) is 58.5 Å². The molecule has 40 heavy (non-hydrogen) atoms. The van der Waals surface area contributed by atoms with Crippen LogP contribution < -0.4 is 5.32 Å². The molecule has 4 N–H and O–H groups in total. The number of nitrogens with one attached hydrogen (secondary N) is 1. The number of carboxylic acid groups (broad SMARTS) is 1. The van der Waals surface area contributed by atoms with Crippen LogP contribution in [0.15, 0.2) is 18.2 Å². The molecule has 0 heterocycles. The number of hydrogen-bond acceptors (Lipinski definition) is 11. The maximum atomic E-state index is 12.2. The predicted molar refractivity (Wildman–Crippen MR) is 141 cm³/mol. The highest BCUT2D eigenvalue weighted by molar-refractivity contribution is 7.74. The van der Waals surface area contributed by atoms with Crippen molar-refractivity contribution in [2.75, 3.05) is 13.1 Å². The van der Waals surface area contributed by atoms with E-state index in [1.807, 2.05) is 0 Å². The lowest BCUT2D eigenvalue weighted by atomic mass is 9.99. The number of nitro groups is 1. The molecule has 0 aliphatic heterocycles. The highest BCUT2D eigenvalue weighted by Gasteiger charge is 2.25. The molecule has 4 unspecified atom stereocenters. The van der Waals surface area contributed by atoms with Gasteiger partial charge in [-0.2, -0.15) is 13.5 Å². The number of carboxylic acids is 1. The van der Waals surface area contributed by atoms with Crippen molar-refractivity contribution in [2.45, 2.75) is 77.9 Å². The molecule has 228 valence electrons. The summed E-state index contributed by atoms with van der Waals surface area (Å²) in [5.74, 6) is -1.24. The molecule has 5 atom stereocenters. The Hall–Kier alpha value is -2.58. The van der Waals surface area contributed by atoms with Gasteiger partial charge < -0.3 is 15.2 Å². The van der Waals surface area contributed by atoms with Crippen LogP contribution in [0.3, 0.4) is 0 Å². The Balaban J connectivity index is 3.15. The van der Waals surface area contributed by atoms with Gasteiger partial charge in [-0.15, -0.1) is 0 Å². The van der Waals surface area contributed by atoms with E-state index in [-0.39, 0.29) is 37.4 Å². The summed E-state index contributed by atoms with van der Waals surface area (Å²) < 4.78 is 54.6. The molecule has 1 amide bonds. The molecular formula is C22H35N3O13S2. The number of hydroxylamine groups is 2. The number of rotatable bonds is 17. The molecule has 0 aliphatic rings. The second-order valence-corrected chi connectivity index (χ2v) is 11.0. The Morgan fingerprint density at radius 2 is 1.65 bits per heavy atom. The van der Waals surface area contributed by atoms with Crippen molar-refractivity contribution < 1.29 is 55.1 Å². The largest absolute Gasteiger partial charge is 0.481 e. The summed E-state index contributed by atoms with van der Waals surface area (Å²) in [6.07, 6.45) is -3.22. The van der Waals surface area contributed by atoms with Crippen LogP contribution in [0.1, 0.15) is 52.2 Å². The van der Waals surface area contributed by atoms with Gasteiger partial charge in [0.05, 0.1) is 43.2 Å². The lowest BCUT2D eigenvalue weighted by molar-refractivity contribution is -0.385. The fraction of sp³-hybridized carbons (Fsp3) is 0.636. The van der Waals surface area contributed by atoms with Crippen LogP contribution in [0.4, 0.5) is 10.5 Å². The Morgan fingerprint density at radius 1 is 1.10 bits per heavy atom. The summed E-state index contributed by atoms with van der Waals surface area (Å²) >= 11 is -5.10. The third-order valence-corrected chi connectivity index (χ3v) is 5.76. The van der Waals surface area contributed by atoms with Crippen LogP contribution >= 0.6 is 0 Å². The van der Waals surface area contributed by atoms with E-state index in [2.05, 4.69) is 5.32 Å². The summed E-state index contributed by atoms with van der Waals surface area (Å²) in [5, 5.41) is 24.7. The van der Waals surface area contributed by atoms with Gasteiger partial charge in [0, 0.05) is 24.1 Å². The topological polar surface area (TPSA) is 224 Å². The second-order valence-electron chi connectivity index (χ2n) is 9.73. The fourth-order valence-electron chi connectivity index (χ4n) is 3.46. The van der Waals surface area contributed by atoms with Gasteiger partial charge in [-0.3, -0.25) is 37.2 Å². The quantitative estimate of drug-likeness (QED) is 0.112. The average molecular weight is 614 g/mol. The number of benzene rings is 1. The standard InChI is InChI=1S/C22H35N3O13S2/c1-14(37-39(31)32)11-24(12-15(2)38-40(33)34)35-13-16-6-7-19(25(29)30)17(8-16)9-18(10-20(26)27)23-21(28)36-22(3,4)5/h6-8,14-15,18H,9-13H2,1-5H3,(H,23,28)(H,26,27)(H,31,32)(H,33,34)/t14?,15?,18-/m0/s1. The minimum atomic E-state index is -2.55. The zero-order valence-electron chi connectivity index (χ0n) is 22.6. The van der Waals surface area contributed by atoms with Crippen molar-refractivity contribution >= 4 is 40.5 Å². The molecule has 1 rings (SSSR count). The lowest BCUT2D eigenvalue weighted by Gasteiger charge is -2.26. The van der Waals surface area contributed by atoms with Crippen molar-refractivity contribution in [3.05, 3.63) is 39.4 Å². The zero-order chi connectivity index (χ0) is 30.6. The Morgan fingerprint density at radius 3 is 2.10 bits per heavy atom. The third kappa shape index (κ3) is 15.3. The summed E-state index contributed by atoms with van der Waals surface area (Å²) in [5.41, 5.74) is -0.603. The van der Waals surface area contributed by atoms with Gasteiger partial charge in [-0.05, 0) is 52.3 Å². The van der Waals surface area contributed by atoms with Gasteiger partial charge in [0.2, 0.25) is 0 Å². The van der Waals surface area contributed by atoms with Crippen molar-refractivity contribution in [1.29, 1.82) is 0 Å². The zero-order valence-corrected chi connectivity index (χ0v) is 24.3. The highest BCUT2D eigenvalue weighted by Crippen LogP contribution is 2.23. The van der Waals surface area contributed by atoms with Crippen LogP contribution in [-0.4, -0.2) is 81.6 Å². The number of nitrogens with zero attached hydrogens (tertiary/aromatic N) is 2. The molecule has 16 nitrogen and oxygen atoms in total. The van der Waals surface area contributed by atoms with Crippen molar-refractivity contribution in [3.8, 4) is 0 Å². The van der Waals surface area contributed by atoms with Crippen LogP contribution in [0.25, 0.3) is 0 Å². The number of hydrogen-bond donors (Lipinski definition) is 4. The molecule has 0 aliphatic carbocycles. The van der Waals surface area contributed by atoms with E-state index in [0.717, 1.165) is 0 Å². The monoisotopic (exact) mass is 613 g/mol. The number of carbonyl (C=O) groups excluding carboxylic acids is 1. The molecule has 0 bridgehead atoms. The molecular weight excluding hydrogens is 578 g/mol. The minimum absolute atomic E-state index is 0.0571. The Kier molecular flexibility index (Phi) is 14.7. The number of alkyl carbamates (subject to hydrolysis) is 1. The van der Waals surface area contributed by atoms with Gasteiger partial charge >= 0.3 is 34.8 Å². The maximum Gasteiger partial charge on any atom is 0.407 e. The van der Waals surface area contributed by atoms with Gasteiger partial charge in [0.15, 0.2) is 0 Å². The van der Waals surface area contributed by atoms with Crippen LogP contribution in [0.5, 0.6) is 0 Å². The highest BCUT2D eigenvalue weighted by atomic mass is 32.2. The second kappa shape index (κ2) is 16.6. The molecule has 0 fully saturated rings. The maximum absolute atomic E-state index is 12.2. The molecule has 0 spiro atoms. The minimum Gasteiger partial charge on any atom is -0.481 e. The first-order valence-electron chi connectivity index (χ1n) is 11.9. The summed E-state index contributed by atoms with van der Waals surface area (Å²) in [6.45, 7) is 7.58. The first-order chi connectivity index (χ1) is 18.4. The van der Waals surface area contributed by atoms with Gasteiger partial charge in [-0.25, -0.2) is 4.79 Å². The van der Waals surface area contributed by atoms with E-state index in [9.17, 15) is 33.2 Å². The summed E-state index contributed by atoms with van der Waals surface area (Å²) in [4.78, 5) is 40.4. The van der Waals surface area contributed by atoms with Crippen LogP contribution in [0, 0.1) is 10.1 Å². The molecule has 0 saturated carbocycles.